The molecule has 4 rings (SSSR count). The molecule has 14 heteroatoms. The molecule has 4 aliphatic rings. The maximum atomic E-state index is 13.3. The summed E-state index contributed by atoms with van der Waals surface area (Å²) in [5.74, 6) is -2.82. The number of carbonyl (C=O) groups excluding carboxylic acids is 3. The molecule has 3 fully saturated rings. The normalized spacial score (nSPS) is 32.3. The van der Waals surface area contributed by atoms with Crippen molar-refractivity contribution in [2.45, 2.75) is 56.2 Å². The number of likely N-dealkylation sites (N-methyl/N-ethyl adjacent to an activating group) is 1. The molecule has 3 saturated heterocycles. The van der Waals surface area contributed by atoms with Gasteiger partial charge in [0.2, 0.25) is 17.7 Å². The number of hydrogen-bond acceptors (Lipinski definition) is 8. The fraction of sp³-hybridized carbons (Fsp3) is 0.696. The standard InChI is InChI=1S/C23H35N7O6S/c1-10-17-16(11(2)31)21(34)30(17)18(22(35)36)19(10)37-13-6-14(28(3)9-13)20(33)29-5-4-12(8-29)27-15(32)7-26-23(24)25/h10-14,16-17,31H,4-9H2,1-3H3,(H,27,32)(H,35,36)(H4,24,25,26)/t10?,11?,12?,13?,14?,16?,17-/m0/s1. The van der Waals surface area contributed by atoms with Crippen LogP contribution in [0.3, 0.4) is 0 Å². The van der Waals surface area contributed by atoms with E-state index >= 15 is 0 Å². The van der Waals surface area contributed by atoms with Gasteiger partial charge in [-0.25, -0.2) is 9.79 Å². The number of hydrogen-bond donors (Lipinski definition) is 5. The number of carboxylic acids is 1. The Bertz CT molecular complexity index is 1040. The first-order valence-electron chi connectivity index (χ1n) is 12.4. The van der Waals surface area contributed by atoms with Crippen LogP contribution in [-0.2, 0) is 19.2 Å². The Morgan fingerprint density at radius 2 is 1.97 bits per heavy atom. The van der Waals surface area contributed by atoms with Crippen LogP contribution < -0.4 is 16.8 Å². The number of aliphatic imine (C=N–C) groups is 1. The van der Waals surface area contributed by atoms with Crippen LogP contribution in [0.25, 0.3) is 0 Å². The minimum absolute atomic E-state index is 0.000632. The third-order valence-electron chi connectivity index (χ3n) is 7.67. The number of nitrogens with zero attached hydrogens (tertiary/aromatic N) is 4. The van der Waals surface area contributed by atoms with Crippen LogP contribution in [0.1, 0.15) is 26.7 Å². The first kappa shape index (κ1) is 27.2. The lowest BCUT2D eigenvalue weighted by atomic mass is 9.79. The van der Waals surface area contributed by atoms with E-state index in [9.17, 15) is 29.4 Å². The predicted molar refractivity (Wildman–Crippen MR) is 136 cm³/mol. The smallest absolute Gasteiger partial charge is 0.353 e. The fourth-order valence-electron chi connectivity index (χ4n) is 5.91. The molecule has 7 N–H and O–H groups in total. The van der Waals surface area contributed by atoms with Crippen molar-refractivity contribution in [1.82, 2.24) is 20.0 Å². The molecule has 0 radical (unpaired) electrons. The number of amides is 3. The number of aliphatic carboxylic acids is 1. The zero-order valence-corrected chi connectivity index (χ0v) is 22.0. The number of rotatable bonds is 8. The molecule has 204 valence electrons. The van der Waals surface area contributed by atoms with Crippen LogP contribution in [0.5, 0.6) is 0 Å². The Morgan fingerprint density at radius 1 is 1.27 bits per heavy atom. The van der Waals surface area contributed by atoms with E-state index in [1.807, 2.05) is 18.9 Å². The summed E-state index contributed by atoms with van der Waals surface area (Å²) in [4.78, 5) is 59.4. The molecule has 0 bridgehead atoms. The van der Waals surface area contributed by atoms with Crippen LogP contribution in [0.2, 0.25) is 0 Å². The first-order valence-corrected chi connectivity index (χ1v) is 13.3. The molecular formula is C23H35N7O6S. The van der Waals surface area contributed by atoms with Gasteiger partial charge in [-0.05, 0) is 26.8 Å². The third-order valence-corrected chi connectivity index (χ3v) is 9.16. The van der Waals surface area contributed by atoms with Crippen LogP contribution in [0.15, 0.2) is 15.6 Å². The highest BCUT2D eigenvalue weighted by Crippen LogP contribution is 2.52. The molecule has 0 saturated carbocycles. The third kappa shape index (κ3) is 5.14. The summed E-state index contributed by atoms with van der Waals surface area (Å²) in [7, 11) is 1.87. The minimum Gasteiger partial charge on any atom is -0.477 e. The van der Waals surface area contributed by atoms with Crippen molar-refractivity contribution >= 4 is 41.4 Å². The summed E-state index contributed by atoms with van der Waals surface area (Å²) in [6, 6.07) is -0.890. The summed E-state index contributed by atoms with van der Waals surface area (Å²) in [5, 5.41) is 22.7. The quantitative estimate of drug-likeness (QED) is 0.130. The fourth-order valence-corrected chi connectivity index (χ4v) is 7.51. The number of fused-ring (bicyclic) bond motifs is 1. The zero-order chi connectivity index (χ0) is 27.2. The van der Waals surface area contributed by atoms with Crippen LogP contribution in [0.4, 0.5) is 0 Å². The summed E-state index contributed by atoms with van der Waals surface area (Å²) in [6.45, 7) is 4.81. The van der Waals surface area contributed by atoms with Crippen molar-refractivity contribution in [3.8, 4) is 0 Å². The van der Waals surface area contributed by atoms with Gasteiger partial charge in [-0.3, -0.25) is 19.3 Å². The Hall–Kier alpha value is -2.84. The monoisotopic (exact) mass is 537 g/mol. The second kappa shape index (κ2) is 10.5. The summed E-state index contributed by atoms with van der Waals surface area (Å²) in [6.07, 6.45) is 0.325. The van der Waals surface area contributed by atoms with E-state index in [1.54, 1.807) is 11.8 Å². The maximum Gasteiger partial charge on any atom is 0.353 e. The van der Waals surface area contributed by atoms with E-state index in [1.165, 1.54) is 16.7 Å². The van der Waals surface area contributed by atoms with Crippen molar-refractivity contribution in [3.63, 3.8) is 0 Å². The van der Waals surface area contributed by atoms with Gasteiger partial charge < -0.3 is 36.8 Å². The molecule has 0 aromatic heterocycles. The molecule has 0 aromatic rings. The van der Waals surface area contributed by atoms with Crippen molar-refractivity contribution in [2.75, 3.05) is 33.2 Å². The largest absolute Gasteiger partial charge is 0.477 e. The highest BCUT2D eigenvalue weighted by atomic mass is 32.2. The second-order valence-corrected chi connectivity index (χ2v) is 11.6. The Labute approximate surface area is 219 Å². The van der Waals surface area contributed by atoms with Crippen LogP contribution in [0, 0.1) is 11.8 Å². The van der Waals surface area contributed by atoms with Gasteiger partial charge in [-0.15, -0.1) is 11.8 Å². The number of carbonyl (C=O) groups is 4. The molecule has 0 spiro atoms. The van der Waals surface area contributed by atoms with Gasteiger partial charge in [0, 0.05) is 41.7 Å². The van der Waals surface area contributed by atoms with Gasteiger partial charge in [0.05, 0.1) is 24.1 Å². The summed E-state index contributed by atoms with van der Waals surface area (Å²) in [5.41, 5.74) is 10.5. The van der Waals surface area contributed by atoms with Gasteiger partial charge >= 0.3 is 5.97 Å². The molecule has 6 unspecified atom stereocenters. The Kier molecular flexibility index (Phi) is 7.72. The van der Waals surface area contributed by atoms with Gasteiger partial charge in [0.1, 0.15) is 12.2 Å². The SMILES string of the molecule is CC(O)C1C(=O)N2C(C(=O)O)=C(SC3CC(C(=O)N4CCC(NC(=O)CN=C(N)N)C4)N(C)C3)C(C)[C@@H]12. The Morgan fingerprint density at radius 3 is 2.59 bits per heavy atom. The molecule has 4 aliphatic heterocycles. The van der Waals surface area contributed by atoms with E-state index in [2.05, 4.69) is 10.3 Å². The van der Waals surface area contributed by atoms with E-state index in [-0.39, 0.29) is 65.2 Å². The molecule has 3 amide bonds. The molecule has 7 atom stereocenters. The van der Waals surface area contributed by atoms with E-state index in [4.69, 9.17) is 11.5 Å². The molecule has 0 aromatic carbocycles. The molecule has 0 aliphatic carbocycles. The molecule has 13 nitrogen and oxygen atoms in total. The highest BCUT2D eigenvalue weighted by molar-refractivity contribution is 8.03. The van der Waals surface area contributed by atoms with E-state index in [0.29, 0.717) is 37.4 Å². The average molecular weight is 538 g/mol. The molecular weight excluding hydrogens is 502 g/mol. The number of nitrogens with two attached hydrogens (primary N) is 2. The van der Waals surface area contributed by atoms with Gasteiger partial charge in [0.15, 0.2) is 5.96 Å². The number of nitrogens with one attached hydrogen (secondary N) is 1. The van der Waals surface area contributed by atoms with Crippen LogP contribution >= 0.6 is 11.8 Å². The number of β-lactam (4-membered cyclic amide) rings is 1. The number of carboxylic acid groups (broad SMARTS) is 1. The highest BCUT2D eigenvalue weighted by Gasteiger charge is 2.60. The summed E-state index contributed by atoms with van der Waals surface area (Å²) >= 11 is 1.43. The van der Waals surface area contributed by atoms with Gasteiger partial charge in [-0.2, -0.15) is 0 Å². The number of aliphatic hydroxyl groups is 1. The lowest BCUT2D eigenvalue weighted by Gasteiger charge is -2.46. The zero-order valence-electron chi connectivity index (χ0n) is 21.2. The number of guanidine groups is 1. The number of thioether (sulfide) groups is 1. The summed E-state index contributed by atoms with van der Waals surface area (Å²) < 4.78 is 0. The molecule has 4 heterocycles. The predicted octanol–water partition coefficient (Wildman–Crippen LogP) is -2.06. The van der Waals surface area contributed by atoms with E-state index < -0.39 is 18.0 Å². The first-order chi connectivity index (χ1) is 17.4. The van der Waals surface area contributed by atoms with Crippen molar-refractivity contribution in [3.05, 3.63) is 10.6 Å². The number of aliphatic hydroxyl groups excluding tert-OH is 1. The van der Waals surface area contributed by atoms with Crippen molar-refractivity contribution in [2.24, 2.45) is 28.3 Å². The minimum atomic E-state index is -1.15. The number of likely N-dealkylation sites (tertiary alicyclic amines) is 2. The molecule has 37 heavy (non-hydrogen) atoms. The van der Waals surface area contributed by atoms with E-state index in [0.717, 1.165) is 0 Å². The maximum absolute atomic E-state index is 13.3. The van der Waals surface area contributed by atoms with Crippen molar-refractivity contribution in [1.29, 1.82) is 0 Å². The van der Waals surface area contributed by atoms with Gasteiger partial charge in [-0.1, -0.05) is 6.92 Å². The Balaban J connectivity index is 1.37. The lowest BCUT2D eigenvalue weighted by molar-refractivity contribution is -0.163. The van der Waals surface area contributed by atoms with Gasteiger partial charge in [0.25, 0.3) is 0 Å². The van der Waals surface area contributed by atoms with Crippen molar-refractivity contribution < 1.29 is 29.4 Å². The van der Waals surface area contributed by atoms with Crippen LogP contribution in [-0.4, -0.2) is 117 Å². The average Bonchev–Trinajstić information content (AvgIpc) is 3.48. The topological polar surface area (TPSA) is 195 Å². The lowest BCUT2D eigenvalue weighted by Crippen LogP contribution is -2.63. The second-order valence-electron chi connectivity index (χ2n) is 10.3.